The minimum Gasteiger partial charge on any atom is -0.341 e. The second-order valence-electron chi connectivity index (χ2n) is 8.42. The van der Waals surface area contributed by atoms with Crippen molar-refractivity contribution in [1.29, 1.82) is 5.26 Å². The number of nitrogens with zero attached hydrogens (tertiary/aromatic N) is 4. The van der Waals surface area contributed by atoms with Gasteiger partial charge in [-0.15, -0.1) is 11.3 Å². The van der Waals surface area contributed by atoms with Gasteiger partial charge in [0.25, 0.3) is 0 Å². The number of nitriles is 1. The van der Waals surface area contributed by atoms with Crippen LogP contribution < -0.4 is 10.2 Å². The Labute approximate surface area is 170 Å². The molecule has 0 saturated carbocycles. The number of carbonyl (C=O) groups is 1. The van der Waals surface area contributed by atoms with Crippen LogP contribution in [0, 0.1) is 31.1 Å². The molecule has 0 aliphatic carbocycles. The van der Waals surface area contributed by atoms with E-state index in [1.165, 1.54) is 11.3 Å². The second-order valence-corrected chi connectivity index (χ2v) is 9.30. The average Bonchev–Trinajstić information content (AvgIpc) is 3.04. The van der Waals surface area contributed by atoms with Gasteiger partial charge in [0.2, 0.25) is 11.9 Å². The summed E-state index contributed by atoms with van der Waals surface area (Å²) in [5.41, 5.74) is 3.36. The molecule has 0 bridgehead atoms. The molecule has 1 aliphatic heterocycles. The smallest absolute Gasteiger partial charge is 0.228 e. The molecule has 1 aliphatic rings. The molecule has 6 nitrogen and oxygen atoms in total. The Bertz CT molecular complexity index is 894. The predicted octanol–water partition coefficient (Wildman–Crippen LogP) is 4.18. The standard InChI is InChI=1S/C21H27N5OS/c1-13-10-14(2)24-20(23-13)26-8-6-15(7-9-26)18(27)25-19-16(11-22)17(12-28-19)21(3,4)5/h10,12,15H,6-9H2,1-5H3,(H,25,27). The third-order valence-electron chi connectivity index (χ3n) is 5.07. The van der Waals surface area contributed by atoms with Crippen molar-refractivity contribution in [1.82, 2.24) is 9.97 Å². The van der Waals surface area contributed by atoms with Gasteiger partial charge in [-0.05, 0) is 49.1 Å². The molecule has 0 aromatic carbocycles. The van der Waals surface area contributed by atoms with Gasteiger partial charge in [-0.1, -0.05) is 20.8 Å². The van der Waals surface area contributed by atoms with Crippen molar-refractivity contribution in [2.24, 2.45) is 5.92 Å². The van der Waals surface area contributed by atoms with E-state index in [1.54, 1.807) is 0 Å². The predicted molar refractivity (Wildman–Crippen MR) is 113 cm³/mol. The third kappa shape index (κ3) is 4.33. The zero-order valence-corrected chi connectivity index (χ0v) is 18.0. The van der Waals surface area contributed by atoms with Crippen LogP contribution in [0.3, 0.4) is 0 Å². The first-order chi connectivity index (χ1) is 13.2. The van der Waals surface area contributed by atoms with E-state index in [1.807, 2.05) is 25.3 Å². The van der Waals surface area contributed by atoms with Gasteiger partial charge in [-0.2, -0.15) is 5.26 Å². The van der Waals surface area contributed by atoms with Gasteiger partial charge in [0.05, 0.1) is 5.56 Å². The number of amides is 1. The highest BCUT2D eigenvalue weighted by Gasteiger charge is 2.28. The van der Waals surface area contributed by atoms with Gasteiger partial charge in [0.15, 0.2) is 0 Å². The lowest BCUT2D eigenvalue weighted by molar-refractivity contribution is -0.120. The first-order valence-electron chi connectivity index (χ1n) is 9.59. The molecule has 3 heterocycles. The van der Waals surface area contributed by atoms with Crippen molar-refractivity contribution in [2.75, 3.05) is 23.3 Å². The summed E-state index contributed by atoms with van der Waals surface area (Å²) < 4.78 is 0. The number of aromatic nitrogens is 2. The van der Waals surface area contributed by atoms with Crippen molar-refractivity contribution >= 4 is 28.2 Å². The van der Waals surface area contributed by atoms with Gasteiger partial charge in [-0.3, -0.25) is 4.79 Å². The Morgan fingerprint density at radius 1 is 1.25 bits per heavy atom. The van der Waals surface area contributed by atoms with Crippen LogP contribution in [0.1, 0.15) is 56.1 Å². The van der Waals surface area contributed by atoms with Crippen LogP contribution in [-0.4, -0.2) is 29.0 Å². The quantitative estimate of drug-likeness (QED) is 0.840. The molecular weight excluding hydrogens is 370 g/mol. The molecule has 148 valence electrons. The third-order valence-corrected chi connectivity index (χ3v) is 5.96. The molecular formula is C21H27N5OS. The highest BCUT2D eigenvalue weighted by molar-refractivity contribution is 7.14. The minimum absolute atomic E-state index is 0.000185. The van der Waals surface area contributed by atoms with Gasteiger partial charge < -0.3 is 10.2 Å². The summed E-state index contributed by atoms with van der Waals surface area (Å²) in [5, 5.41) is 15.2. The molecule has 0 unspecified atom stereocenters. The van der Waals surface area contributed by atoms with Crippen molar-refractivity contribution < 1.29 is 4.79 Å². The summed E-state index contributed by atoms with van der Waals surface area (Å²) in [7, 11) is 0. The number of hydrogen-bond acceptors (Lipinski definition) is 6. The van der Waals surface area contributed by atoms with Crippen LogP contribution >= 0.6 is 11.3 Å². The Kier molecular flexibility index (Phi) is 5.71. The van der Waals surface area contributed by atoms with Crippen LogP contribution in [0.2, 0.25) is 0 Å². The minimum atomic E-state index is -0.123. The Morgan fingerprint density at radius 3 is 2.39 bits per heavy atom. The number of nitrogens with one attached hydrogen (secondary N) is 1. The molecule has 2 aromatic rings. The monoisotopic (exact) mass is 397 g/mol. The van der Waals surface area contributed by atoms with Crippen LogP contribution in [0.4, 0.5) is 10.9 Å². The molecule has 3 rings (SSSR count). The van der Waals surface area contributed by atoms with Crippen LogP contribution in [0.25, 0.3) is 0 Å². The zero-order chi connectivity index (χ0) is 20.5. The van der Waals surface area contributed by atoms with E-state index in [2.05, 4.69) is 47.0 Å². The van der Waals surface area contributed by atoms with E-state index >= 15 is 0 Å². The van der Waals surface area contributed by atoms with E-state index in [4.69, 9.17) is 0 Å². The Balaban J connectivity index is 1.65. The Hall–Kier alpha value is -2.46. The molecule has 1 N–H and O–H groups in total. The fourth-order valence-corrected chi connectivity index (χ4v) is 4.66. The van der Waals surface area contributed by atoms with Gasteiger partial charge in [0.1, 0.15) is 11.1 Å². The lowest BCUT2D eigenvalue weighted by Crippen LogP contribution is -2.39. The summed E-state index contributed by atoms with van der Waals surface area (Å²) in [6, 6.07) is 4.23. The number of anilines is 2. The SMILES string of the molecule is Cc1cc(C)nc(N2CCC(C(=O)Nc3scc(C(C)(C)C)c3C#N)CC2)n1. The fraction of sp³-hybridized carbons (Fsp3) is 0.524. The summed E-state index contributed by atoms with van der Waals surface area (Å²) in [6.07, 6.45) is 1.50. The lowest BCUT2D eigenvalue weighted by atomic mass is 9.86. The zero-order valence-electron chi connectivity index (χ0n) is 17.2. The molecule has 7 heteroatoms. The maximum atomic E-state index is 12.8. The molecule has 1 amide bonds. The van der Waals surface area contributed by atoms with E-state index in [0.29, 0.717) is 10.6 Å². The largest absolute Gasteiger partial charge is 0.341 e. The molecule has 1 fully saturated rings. The van der Waals surface area contributed by atoms with Crippen LogP contribution in [0.15, 0.2) is 11.4 Å². The van der Waals surface area contributed by atoms with Crippen molar-refractivity contribution in [3.63, 3.8) is 0 Å². The Morgan fingerprint density at radius 2 is 1.86 bits per heavy atom. The first kappa shape index (κ1) is 20.3. The van der Waals surface area contributed by atoms with Crippen molar-refractivity contribution in [2.45, 2.75) is 52.9 Å². The van der Waals surface area contributed by atoms with Crippen LogP contribution in [0.5, 0.6) is 0 Å². The van der Waals surface area contributed by atoms with Crippen LogP contribution in [-0.2, 0) is 10.2 Å². The van der Waals surface area contributed by atoms with E-state index in [-0.39, 0.29) is 17.2 Å². The van der Waals surface area contributed by atoms with Crippen molar-refractivity contribution in [3.8, 4) is 6.07 Å². The topological polar surface area (TPSA) is 81.9 Å². The van der Waals surface area contributed by atoms with E-state index in [0.717, 1.165) is 48.8 Å². The lowest BCUT2D eigenvalue weighted by Gasteiger charge is -2.31. The molecule has 28 heavy (non-hydrogen) atoms. The number of thiophene rings is 1. The highest BCUT2D eigenvalue weighted by atomic mass is 32.1. The number of carbonyl (C=O) groups excluding carboxylic acids is 1. The average molecular weight is 398 g/mol. The van der Waals surface area contributed by atoms with Gasteiger partial charge in [0, 0.05) is 30.4 Å². The molecule has 1 saturated heterocycles. The van der Waals surface area contributed by atoms with Gasteiger partial charge in [-0.25, -0.2) is 9.97 Å². The molecule has 0 radical (unpaired) electrons. The molecule has 0 atom stereocenters. The number of aryl methyl sites for hydroxylation is 2. The first-order valence-corrected chi connectivity index (χ1v) is 10.5. The van der Waals surface area contributed by atoms with Crippen molar-refractivity contribution in [3.05, 3.63) is 34.0 Å². The fourth-order valence-electron chi connectivity index (χ4n) is 3.52. The summed E-state index contributed by atoms with van der Waals surface area (Å²) in [4.78, 5) is 24.0. The normalized spacial score (nSPS) is 15.4. The maximum absolute atomic E-state index is 12.8. The second kappa shape index (κ2) is 7.88. The van der Waals surface area contributed by atoms with E-state index < -0.39 is 0 Å². The van der Waals surface area contributed by atoms with E-state index in [9.17, 15) is 10.1 Å². The number of hydrogen-bond donors (Lipinski definition) is 1. The molecule has 2 aromatic heterocycles. The summed E-state index contributed by atoms with van der Waals surface area (Å²) >= 11 is 1.44. The van der Waals surface area contributed by atoms with Gasteiger partial charge >= 0.3 is 0 Å². The number of piperidine rings is 1. The number of rotatable bonds is 3. The maximum Gasteiger partial charge on any atom is 0.228 e. The highest BCUT2D eigenvalue weighted by Crippen LogP contribution is 2.36. The summed E-state index contributed by atoms with van der Waals surface area (Å²) in [6.45, 7) is 11.7. The summed E-state index contributed by atoms with van der Waals surface area (Å²) in [5.74, 6) is 0.685. The molecule has 0 spiro atoms.